The second-order valence-electron chi connectivity index (χ2n) is 4.93. The molecular formula is C13H20N2O6. The molecule has 0 amide bonds. The van der Waals surface area contributed by atoms with Gasteiger partial charge in [-0.15, -0.1) is 0 Å². The summed E-state index contributed by atoms with van der Waals surface area (Å²) < 4.78 is 17.5. The number of nitrogens with one attached hydrogen (secondary N) is 1. The second-order valence-corrected chi connectivity index (χ2v) is 4.93. The number of aliphatic hydroxyl groups is 1. The van der Waals surface area contributed by atoms with Crippen molar-refractivity contribution < 1.29 is 19.3 Å². The molecule has 0 aromatic carbocycles. The van der Waals surface area contributed by atoms with Crippen LogP contribution in [0.3, 0.4) is 0 Å². The Morgan fingerprint density at radius 1 is 1.48 bits per heavy atom. The minimum absolute atomic E-state index is 0.203. The summed E-state index contributed by atoms with van der Waals surface area (Å²) in [5, 5.41) is 9.34. The van der Waals surface area contributed by atoms with E-state index in [1.54, 1.807) is 14.0 Å². The zero-order valence-electron chi connectivity index (χ0n) is 12.1. The van der Waals surface area contributed by atoms with E-state index in [4.69, 9.17) is 14.2 Å². The van der Waals surface area contributed by atoms with Crippen LogP contribution >= 0.6 is 0 Å². The first-order valence-electron chi connectivity index (χ1n) is 6.75. The van der Waals surface area contributed by atoms with Crippen molar-refractivity contribution in [3.63, 3.8) is 0 Å². The summed E-state index contributed by atoms with van der Waals surface area (Å²) >= 11 is 0. The van der Waals surface area contributed by atoms with Gasteiger partial charge in [0.1, 0.15) is 12.3 Å². The van der Waals surface area contributed by atoms with Crippen molar-refractivity contribution in [3.8, 4) is 0 Å². The Balaban J connectivity index is 2.13. The first-order chi connectivity index (χ1) is 10.1. The number of hydrogen-bond donors (Lipinski definition) is 2. The van der Waals surface area contributed by atoms with Gasteiger partial charge in [-0.05, 0) is 6.92 Å². The summed E-state index contributed by atoms with van der Waals surface area (Å²) in [6.07, 6.45) is 0.469. The van der Waals surface area contributed by atoms with Gasteiger partial charge in [0.15, 0.2) is 0 Å². The zero-order chi connectivity index (χ0) is 15.4. The number of H-pyrrole nitrogens is 1. The van der Waals surface area contributed by atoms with Crippen LogP contribution in [-0.4, -0.2) is 53.8 Å². The lowest BCUT2D eigenvalue weighted by Crippen LogP contribution is -2.33. The summed E-state index contributed by atoms with van der Waals surface area (Å²) in [6, 6.07) is 0. The predicted molar refractivity (Wildman–Crippen MR) is 73.3 cm³/mol. The molecule has 118 valence electrons. The van der Waals surface area contributed by atoms with Crippen molar-refractivity contribution in [2.45, 2.75) is 31.8 Å². The lowest BCUT2D eigenvalue weighted by atomic mass is 10.2. The zero-order valence-corrected chi connectivity index (χ0v) is 12.1. The molecule has 0 aliphatic carbocycles. The third-order valence-electron chi connectivity index (χ3n) is 3.44. The molecule has 0 spiro atoms. The Morgan fingerprint density at radius 2 is 2.24 bits per heavy atom. The van der Waals surface area contributed by atoms with Crippen LogP contribution in [0.25, 0.3) is 0 Å². The van der Waals surface area contributed by atoms with Crippen LogP contribution in [0.5, 0.6) is 0 Å². The highest BCUT2D eigenvalue weighted by Crippen LogP contribution is 2.29. The molecule has 1 fully saturated rings. The molecule has 8 nitrogen and oxygen atoms in total. The van der Waals surface area contributed by atoms with E-state index in [1.807, 2.05) is 0 Å². The first kappa shape index (κ1) is 15.9. The van der Waals surface area contributed by atoms with Crippen LogP contribution in [0.1, 0.15) is 18.2 Å². The molecule has 1 saturated heterocycles. The number of ether oxygens (including phenoxy) is 3. The first-order valence-corrected chi connectivity index (χ1v) is 6.75. The lowest BCUT2D eigenvalue weighted by Gasteiger charge is -2.16. The minimum Gasteiger partial charge on any atom is -0.394 e. The highest BCUT2D eigenvalue weighted by molar-refractivity contribution is 5.02. The van der Waals surface area contributed by atoms with Crippen molar-refractivity contribution in [2.24, 2.45) is 0 Å². The van der Waals surface area contributed by atoms with E-state index in [1.165, 1.54) is 10.8 Å². The van der Waals surface area contributed by atoms with Gasteiger partial charge in [0.05, 0.1) is 25.9 Å². The second kappa shape index (κ2) is 6.99. The summed E-state index contributed by atoms with van der Waals surface area (Å²) in [5.41, 5.74) is -0.534. The maximum Gasteiger partial charge on any atom is 0.330 e. The molecule has 2 N–H and O–H groups in total. The van der Waals surface area contributed by atoms with Crippen molar-refractivity contribution in [1.29, 1.82) is 0 Å². The number of methoxy groups -OCH3 is 1. The van der Waals surface area contributed by atoms with E-state index in [0.717, 1.165) is 0 Å². The fraction of sp³-hybridized carbons (Fsp3) is 0.692. The van der Waals surface area contributed by atoms with E-state index in [-0.39, 0.29) is 12.7 Å². The minimum atomic E-state index is -0.572. The Morgan fingerprint density at radius 3 is 2.90 bits per heavy atom. The Hall–Kier alpha value is -1.48. The Bertz CT molecular complexity index is 581. The van der Waals surface area contributed by atoms with Gasteiger partial charge in [-0.25, -0.2) is 4.79 Å². The molecule has 2 rings (SSSR count). The van der Waals surface area contributed by atoms with Crippen LogP contribution in [-0.2, 0) is 14.2 Å². The Kier molecular flexibility index (Phi) is 5.29. The number of aromatic amines is 1. The van der Waals surface area contributed by atoms with Gasteiger partial charge in [-0.2, -0.15) is 0 Å². The van der Waals surface area contributed by atoms with Gasteiger partial charge in [-0.3, -0.25) is 14.3 Å². The van der Waals surface area contributed by atoms with E-state index >= 15 is 0 Å². The number of rotatable bonds is 6. The number of aliphatic hydroxyl groups excluding tert-OH is 1. The number of aromatic nitrogens is 2. The molecular weight excluding hydrogens is 280 g/mol. The predicted octanol–water partition coefficient (Wildman–Crippen LogP) is -0.844. The van der Waals surface area contributed by atoms with Crippen molar-refractivity contribution >= 4 is 0 Å². The fourth-order valence-electron chi connectivity index (χ4n) is 2.29. The van der Waals surface area contributed by atoms with E-state index in [0.29, 0.717) is 25.2 Å². The van der Waals surface area contributed by atoms with Crippen LogP contribution in [0.15, 0.2) is 15.8 Å². The average Bonchev–Trinajstić information content (AvgIpc) is 2.86. The average molecular weight is 300 g/mol. The maximum absolute atomic E-state index is 11.8. The highest BCUT2D eigenvalue weighted by atomic mass is 16.6. The van der Waals surface area contributed by atoms with Crippen LogP contribution < -0.4 is 11.2 Å². The summed E-state index contributed by atoms with van der Waals surface area (Å²) in [5.74, 6) is 0. The molecule has 3 atom stereocenters. The molecule has 1 aromatic heterocycles. The van der Waals surface area contributed by atoms with Crippen molar-refractivity contribution in [1.82, 2.24) is 9.55 Å². The number of nitrogens with zero attached hydrogens (tertiary/aromatic N) is 1. The molecule has 21 heavy (non-hydrogen) atoms. The molecule has 1 aromatic rings. The normalized spacial score (nSPS) is 25.4. The number of hydrogen-bond acceptors (Lipinski definition) is 6. The van der Waals surface area contributed by atoms with E-state index < -0.39 is 23.6 Å². The summed E-state index contributed by atoms with van der Waals surface area (Å²) in [6.45, 7) is 2.23. The highest BCUT2D eigenvalue weighted by Gasteiger charge is 2.37. The summed E-state index contributed by atoms with van der Waals surface area (Å²) in [7, 11) is 1.57. The molecule has 0 bridgehead atoms. The van der Waals surface area contributed by atoms with Gasteiger partial charge in [0.25, 0.3) is 5.56 Å². The monoisotopic (exact) mass is 300 g/mol. The van der Waals surface area contributed by atoms with Crippen molar-refractivity contribution in [3.05, 3.63) is 32.6 Å². The Labute approximate surface area is 121 Å². The van der Waals surface area contributed by atoms with Gasteiger partial charge in [-0.1, -0.05) is 0 Å². The molecule has 1 aliphatic rings. The van der Waals surface area contributed by atoms with Crippen molar-refractivity contribution in [2.75, 3.05) is 26.9 Å². The third-order valence-corrected chi connectivity index (χ3v) is 3.44. The van der Waals surface area contributed by atoms with E-state index in [2.05, 4.69) is 4.98 Å². The SMILES string of the molecule is COCCO[C@H]1C[C@H](n2cc(C)c(=O)[nH]c2=O)O[C@@H]1CO. The molecule has 0 radical (unpaired) electrons. The molecule has 1 aliphatic heterocycles. The molecule has 8 heteroatoms. The van der Waals surface area contributed by atoms with Crippen LogP contribution in [0.4, 0.5) is 0 Å². The standard InChI is InChI=1S/C13H20N2O6/c1-8-6-15(13(18)14-12(8)17)11-5-9(10(7-16)21-11)20-4-3-19-2/h6,9-11,16H,3-5,7H2,1-2H3,(H,14,17,18)/t9-,10+,11+/m0/s1. The molecule has 0 unspecified atom stereocenters. The fourth-order valence-corrected chi connectivity index (χ4v) is 2.29. The smallest absolute Gasteiger partial charge is 0.330 e. The van der Waals surface area contributed by atoms with Gasteiger partial charge >= 0.3 is 5.69 Å². The van der Waals surface area contributed by atoms with Gasteiger partial charge in [0.2, 0.25) is 0 Å². The molecule has 0 saturated carbocycles. The lowest BCUT2D eigenvalue weighted by molar-refractivity contribution is -0.0677. The topological polar surface area (TPSA) is 103 Å². The largest absolute Gasteiger partial charge is 0.394 e. The van der Waals surface area contributed by atoms with Gasteiger partial charge in [0, 0.05) is 25.3 Å². The molecule has 2 heterocycles. The summed E-state index contributed by atoms with van der Waals surface area (Å²) in [4.78, 5) is 25.5. The maximum atomic E-state index is 11.8. The van der Waals surface area contributed by atoms with E-state index in [9.17, 15) is 14.7 Å². The number of aryl methyl sites for hydroxylation is 1. The third kappa shape index (κ3) is 3.59. The van der Waals surface area contributed by atoms with Gasteiger partial charge < -0.3 is 19.3 Å². The quantitative estimate of drug-likeness (QED) is 0.664. The van der Waals surface area contributed by atoms with Crippen LogP contribution in [0.2, 0.25) is 0 Å². The van der Waals surface area contributed by atoms with Crippen LogP contribution in [0, 0.1) is 6.92 Å².